The Morgan fingerprint density at radius 3 is 2.93 bits per heavy atom. The van der Waals surface area contributed by atoms with E-state index in [1.807, 2.05) is 12.4 Å². The molecular formula is C9H16N2OS2. The molecule has 0 aromatic carbocycles. The summed E-state index contributed by atoms with van der Waals surface area (Å²) in [4.78, 5) is 5.53. The minimum Gasteiger partial charge on any atom is -0.315 e. The zero-order valence-corrected chi connectivity index (χ0v) is 10.2. The van der Waals surface area contributed by atoms with Crippen LogP contribution in [0.2, 0.25) is 0 Å². The van der Waals surface area contributed by atoms with Crippen LogP contribution in [-0.2, 0) is 17.2 Å². The summed E-state index contributed by atoms with van der Waals surface area (Å²) in [6.45, 7) is 3.81. The molecule has 1 heterocycles. The third kappa shape index (κ3) is 4.30. The molecule has 0 spiro atoms. The number of nitrogens with one attached hydrogen (secondary N) is 1. The van der Waals surface area contributed by atoms with Crippen molar-refractivity contribution in [3.8, 4) is 0 Å². The lowest BCUT2D eigenvalue weighted by molar-refractivity contribution is 0.676. The van der Waals surface area contributed by atoms with Gasteiger partial charge in [-0.1, -0.05) is 0 Å². The SMILES string of the molecule is Cc1ncsc1CCNCCS(C)=O. The fourth-order valence-corrected chi connectivity index (χ4v) is 2.32. The third-order valence-electron chi connectivity index (χ3n) is 1.94. The Bertz CT molecular complexity index is 299. The van der Waals surface area contributed by atoms with E-state index < -0.39 is 10.8 Å². The first-order valence-corrected chi connectivity index (χ1v) is 7.20. The van der Waals surface area contributed by atoms with Gasteiger partial charge >= 0.3 is 0 Å². The Balaban J connectivity index is 2.10. The van der Waals surface area contributed by atoms with Crippen LogP contribution in [-0.4, -0.2) is 34.3 Å². The molecule has 0 saturated heterocycles. The monoisotopic (exact) mass is 232 g/mol. The molecule has 0 radical (unpaired) electrons. The molecule has 0 aliphatic carbocycles. The topological polar surface area (TPSA) is 42.0 Å². The number of thiazole rings is 1. The number of hydrogen-bond donors (Lipinski definition) is 1. The van der Waals surface area contributed by atoms with Crippen LogP contribution in [0.3, 0.4) is 0 Å². The van der Waals surface area contributed by atoms with Gasteiger partial charge in [-0.15, -0.1) is 11.3 Å². The molecule has 1 N–H and O–H groups in total. The van der Waals surface area contributed by atoms with Crippen LogP contribution >= 0.6 is 11.3 Å². The van der Waals surface area contributed by atoms with Crippen molar-refractivity contribution >= 4 is 22.1 Å². The minimum absolute atomic E-state index is 0.682. The van der Waals surface area contributed by atoms with E-state index in [0.29, 0.717) is 0 Å². The van der Waals surface area contributed by atoms with Crippen molar-refractivity contribution < 1.29 is 4.21 Å². The lowest BCUT2D eigenvalue weighted by Crippen LogP contribution is -2.22. The number of hydrogen-bond acceptors (Lipinski definition) is 4. The highest BCUT2D eigenvalue weighted by atomic mass is 32.2. The van der Waals surface area contributed by atoms with Crippen LogP contribution < -0.4 is 5.32 Å². The van der Waals surface area contributed by atoms with E-state index in [9.17, 15) is 4.21 Å². The normalized spacial score (nSPS) is 13.0. The lowest BCUT2D eigenvalue weighted by atomic mass is 10.3. The van der Waals surface area contributed by atoms with Gasteiger partial charge in [0.15, 0.2) is 0 Å². The molecule has 1 aromatic rings. The summed E-state index contributed by atoms with van der Waals surface area (Å²) in [6, 6.07) is 0. The Kier molecular flexibility index (Phi) is 5.29. The Morgan fingerprint density at radius 2 is 2.36 bits per heavy atom. The largest absolute Gasteiger partial charge is 0.315 e. The molecule has 1 rings (SSSR count). The zero-order chi connectivity index (χ0) is 10.4. The van der Waals surface area contributed by atoms with Crippen molar-refractivity contribution in [1.29, 1.82) is 0 Å². The maximum absolute atomic E-state index is 10.8. The summed E-state index contributed by atoms with van der Waals surface area (Å²) >= 11 is 1.70. The van der Waals surface area contributed by atoms with Gasteiger partial charge in [0.25, 0.3) is 0 Å². The first kappa shape index (κ1) is 11.8. The molecule has 0 aliphatic heterocycles. The second-order valence-electron chi connectivity index (χ2n) is 3.14. The molecule has 0 saturated carbocycles. The Morgan fingerprint density at radius 1 is 1.57 bits per heavy atom. The van der Waals surface area contributed by atoms with E-state index in [2.05, 4.69) is 10.3 Å². The van der Waals surface area contributed by atoms with Crippen LogP contribution in [0.15, 0.2) is 5.51 Å². The summed E-state index contributed by atoms with van der Waals surface area (Å²) in [7, 11) is -0.682. The lowest BCUT2D eigenvalue weighted by Gasteiger charge is -2.02. The van der Waals surface area contributed by atoms with Crippen molar-refractivity contribution in [3.63, 3.8) is 0 Å². The average molecular weight is 232 g/mol. The van der Waals surface area contributed by atoms with Crippen LogP contribution in [0.25, 0.3) is 0 Å². The highest BCUT2D eigenvalue weighted by Gasteiger charge is 2.00. The number of aryl methyl sites for hydroxylation is 1. The quantitative estimate of drug-likeness (QED) is 0.743. The van der Waals surface area contributed by atoms with Crippen LogP contribution in [0, 0.1) is 6.92 Å². The smallest absolute Gasteiger partial charge is 0.0797 e. The van der Waals surface area contributed by atoms with E-state index in [4.69, 9.17) is 0 Å². The van der Waals surface area contributed by atoms with Gasteiger partial charge in [-0.05, 0) is 13.3 Å². The first-order chi connectivity index (χ1) is 6.70. The van der Waals surface area contributed by atoms with E-state index in [-0.39, 0.29) is 0 Å². The van der Waals surface area contributed by atoms with Gasteiger partial charge in [0, 0.05) is 40.8 Å². The number of rotatable bonds is 6. The standard InChI is InChI=1S/C9H16N2OS2/c1-8-9(13-7-11-8)3-4-10-5-6-14(2)12/h7,10H,3-6H2,1-2H3. The fourth-order valence-electron chi connectivity index (χ4n) is 1.11. The highest BCUT2D eigenvalue weighted by molar-refractivity contribution is 7.84. The Labute approximate surface area is 91.4 Å². The van der Waals surface area contributed by atoms with Crippen LogP contribution in [0.5, 0.6) is 0 Å². The predicted octanol–water partition coefficient (Wildman–Crippen LogP) is 0.962. The van der Waals surface area contributed by atoms with Crippen LogP contribution in [0.4, 0.5) is 0 Å². The second kappa shape index (κ2) is 6.27. The van der Waals surface area contributed by atoms with Crippen molar-refractivity contribution in [3.05, 3.63) is 16.1 Å². The highest BCUT2D eigenvalue weighted by Crippen LogP contribution is 2.11. The number of nitrogens with zero attached hydrogens (tertiary/aromatic N) is 1. The number of aromatic nitrogens is 1. The maximum atomic E-state index is 10.8. The third-order valence-corrected chi connectivity index (χ3v) is 3.71. The van der Waals surface area contributed by atoms with Crippen LogP contribution in [0.1, 0.15) is 10.6 Å². The molecule has 1 unspecified atom stereocenters. The molecular weight excluding hydrogens is 216 g/mol. The fraction of sp³-hybridized carbons (Fsp3) is 0.667. The van der Waals surface area contributed by atoms with Gasteiger partial charge in [-0.2, -0.15) is 0 Å². The predicted molar refractivity (Wildman–Crippen MR) is 62.4 cm³/mol. The van der Waals surface area contributed by atoms with E-state index in [1.54, 1.807) is 17.6 Å². The molecule has 3 nitrogen and oxygen atoms in total. The molecule has 0 amide bonds. The first-order valence-electron chi connectivity index (χ1n) is 4.60. The van der Waals surface area contributed by atoms with Crippen molar-refractivity contribution in [2.45, 2.75) is 13.3 Å². The average Bonchev–Trinajstić information content (AvgIpc) is 2.51. The van der Waals surface area contributed by atoms with Crippen molar-refractivity contribution in [2.24, 2.45) is 0 Å². The van der Waals surface area contributed by atoms with Gasteiger partial charge in [0.1, 0.15) is 0 Å². The summed E-state index contributed by atoms with van der Waals surface area (Å²) in [5, 5.41) is 3.27. The van der Waals surface area contributed by atoms with Gasteiger partial charge in [0.2, 0.25) is 0 Å². The molecule has 0 aliphatic rings. The summed E-state index contributed by atoms with van der Waals surface area (Å²) in [5.41, 5.74) is 3.02. The summed E-state index contributed by atoms with van der Waals surface area (Å²) in [6.07, 6.45) is 2.75. The molecule has 1 atom stereocenters. The van der Waals surface area contributed by atoms with Crippen molar-refractivity contribution in [1.82, 2.24) is 10.3 Å². The minimum atomic E-state index is -0.682. The molecule has 0 bridgehead atoms. The van der Waals surface area contributed by atoms with Gasteiger partial charge in [-0.25, -0.2) is 4.98 Å². The molecule has 5 heteroatoms. The summed E-state index contributed by atoms with van der Waals surface area (Å²) < 4.78 is 10.8. The van der Waals surface area contributed by atoms with E-state index >= 15 is 0 Å². The zero-order valence-electron chi connectivity index (χ0n) is 8.58. The Hall–Kier alpha value is -0.260. The molecule has 14 heavy (non-hydrogen) atoms. The molecule has 0 fully saturated rings. The van der Waals surface area contributed by atoms with Gasteiger partial charge in [0.05, 0.1) is 11.2 Å². The molecule has 1 aromatic heterocycles. The summed E-state index contributed by atoms with van der Waals surface area (Å²) in [5.74, 6) is 0.738. The maximum Gasteiger partial charge on any atom is 0.0797 e. The molecule has 80 valence electrons. The van der Waals surface area contributed by atoms with Gasteiger partial charge in [-0.3, -0.25) is 4.21 Å². The van der Waals surface area contributed by atoms with Gasteiger partial charge < -0.3 is 5.32 Å². The second-order valence-corrected chi connectivity index (χ2v) is 5.63. The van der Waals surface area contributed by atoms with E-state index in [0.717, 1.165) is 31.0 Å². The van der Waals surface area contributed by atoms with Crippen molar-refractivity contribution in [2.75, 3.05) is 25.1 Å². The van der Waals surface area contributed by atoms with E-state index in [1.165, 1.54) is 4.88 Å².